The number of carbonyl (C=O) groups excluding carboxylic acids is 1. The molecule has 0 amide bonds. The zero-order valence-corrected chi connectivity index (χ0v) is 14.3. The lowest BCUT2D eigenvalue weighted by Gasteiger charge is -2.45. The normalized spacial score (nSPS) is 26.9. The van der Waals surface area contributed by atoms with Crippen LogP contribution in [-0.2, 0) is 4.79 Å². The third-order valence-electron chi connectivity index (χ3n) is 4.41. The molecule has 126 valence electrons. The van der Waals surface area contributed by atoms with Crippen LogP contribution in [0.3, 0.4) is 0 Å². The number of ether oxygens (including phenoxy) is 2. The van der Waals surface area contributed by atoms with Crippen molar-refractivity contribution in [3.8, 4) is 12.0 Å². The van der Waals surface area contributed by atoms with Gasteiger partial charge in [-0.3, -0.25) is 9.28 Å². The standard InChI is InChI=1S/C16H25N4O3/c1-10(2)22-15-17-14(18-16(19-15)23-11(3)4)20-7-5-12(6-8-20)13(21)9-20/h10-12H,5-9H2,1-4H3/q+1. The molecule has 3 aliphatic rings. The molecule has 0 spiro atoms. The summed E-state index contributed by atoms with van der Waals surface area (Å²) in [6, 6.07) is 0.543. The highest BCUT2D eigenvalue weighted by Gasteiger charge is 2.49. The van der Waals surface area contributed by atoms with Crippen molar-refractivity contribution in [2.45, 2.75) is 52.7 Å². The maximum atomic E-state index is 12.2. The lowest BCUT2D eigenvalue weighted by molar-refractivity contribution is -0.130. The number of ketones is 1. The predicted molar refractivity (Wildman–Crippen MR) is 85.5 cm³/mol. The Labute approximate surface area is 136 Å². The minimum Gasteiger partial charge on any atom is -0.460 e. The summed E-state index contributed by atoms with van der Waals surface area (Å²) in [4.78, 5) is 25.5. The summed E-state index contributed by atoms with van der Waals surface area (Å²) in [6.07, 6.45) is 1.74. The number of carbonyl (C=O) groups is 1. The Morgan fingerprint density at radius 3 is 1.91 bits per heavy atom. The minimum absolute atomic E-state index is 0.0362. The molecule has 2 bridgehead atoms. The van der Waals surface area contributed by atoms with Crippen LogP contribution in [0.1, 0.15) is 40.5 Å². The first-order chi connectivity index (χ1) is 10.9. The van der Waals surface area contributed by atoms with Gasteiger partial charge in [0.05, 0.1) is 25.3 Å². The summed E-state index contributed by atoms with van der Waals surface area (Å²) in [7, 11) is 0. The Bertz CT molecular complexity index is 567. The van der Waals surface area contributed by atoms with Crippen LogP contribution in [0.15, 0.2) is 0 Å². The monoisotopic (exact) mass is 321 g/mol. The Morgan fingerprint density at radius 1 is 0.957 bits per heavy atom. The molecule has 1 aromatic heterocycles. The molecule has 0 N–H and O–H groups in total. The van der Waals surface area contributed by atoms with Crippen molar-refractivity contribution in [1.29, 1.82) is 0 Å². The van der Waals surface area contributed by atoms with E-state index in [4.69, 9.17) is 9.47 Å². The van der Waals surface area contributed by atoms with Crippen LogP contribution in [0.4, 0.5) is 5.95 Å². The molecule has 7 heteroatoms. The number of rotatable bonds is 5. The van der Waals surface area contributed by atoms with Gasteiger partial charge in [-0.25, -0.2) is 0 Å². The van der Waals surface area contributed by atoms with Gasteiger partial charge in [-0.1, -0.05) is 0 Å². The fraction of sp³-hybridized carbons (Fsp3) is 0.750. The van der Waals surface area contributed by atoms with E-state index in [1.54, 1.807) is 0 Å². The average Bonchev–Trinajstić information content (AvgIpc) is 2.46. The van der Waals surface area contributed by atoms with Crippen molar-refractivity contribution in [3.05, 3.63) is 0 Å². The number of Topliss-reactive ketones (excluding diaryl/α,β-unsaturated/α-hetero) is 1. The Morgan fingerprint density at radius 2 is 1.48 bits per heavy atom. The Balaban J connectivity index is 1.98. The molecule has 0 aromatic carbocycles. The van der Waals surface area contributed by atoms with Crippen molar-refractivity contribution >= 4 is 11.7 Å². The summed E-state index contributed by atoms with van der Waals surface area (Å²) >= 11 is 0. The average molecular weight is 321 g/mol. The van der Waals surface area contributed by atoms with Gasteiger partial charge < -0.3 is 9.47 Å². The molecular weight excluding hydrogens is 296 g/mol. The third kappa shape index (κ3) is 3.29. The Kier molecular flexibility index (Phi) is 4.23. The van der Waals surface area contributed by atoms with E-state index >= 15 is 0 Å². The first kappa shape index (κ1) is 16.1. The topological polar surface area (TPSA) is 74.2 Å². The van der Waals surface area contributed by atoms with Gasteiger partial charge in [0.2, 0.25) is 0 Å². The highest BCUT2D eigenvalue weighted by atomic mass is 16.5. The van der Waals surface area contributed by atoms with Crippen molar-refractivity contribution < 1.29 is 14.3 Å². The molecule has 7 nitrogen and oxygen atoms in total. The number of hydrogen-bond acceptors (Lipinski definition) is 6. The molecule has 0 atom stereocenters. The predicted octanol–water partition coefficient (Wildman–Crippen LogP) is 1.75. The fourth-order valence-corrected chi connectivity index (χ4v) is 3.31. The molecule has 0 unspecified atom stereocenters. The van der Waals surface area contributed by atoms with E-state index in [-0.39, 0.29) is 30.1 Å². The van der Waals surface area contributed by atoms with Gasteiger partial charge in [-0.15, -0.1) is 15.0 Å². The van der Waals surface area contributed by atoms with Crippen LogP contribution >= 0.6 is 0 Å². The van der Waals surface area contributed by atoms with Gasteiger partial charge in [-0.2, -0.15) is 0 Å². The highest BCUT2D eigenvalue weighted by molar-refractivity contribution is 5.86. The van der Waals surface area contributed by atoms with E-state index in [0.717, 1.165) is 25.9 Å². The summed E-state index contributed by atoms with van der Waals surface area (Å²) in [5.41, 5.74) is 0. The van der Waals surface area contributed by atoms with Gasteiger partial charge in [0.25, 0.3) is 0 Å². The minimum atomic E-state index is -0.0362. The molecule has 3 saturated heterocycles. The maximum Gasteiger partial charge on any atom is 0.338 e. The number of aromatic nitrogens is 3. The van der Waals surface area contributed by atoms with E-state index in [1.807, 2.05) is 27.7 Å². The van der Waals surface area contributed by atoms with E-state index in [9.17, 15) is 4.79 Å². The van der Waals surface area contributed by atoms with Crippen LogP contribution in [-0.4, -0.2) is 52.6 Å². The molecule has 0 radical (unpaired) electrons. The zero-order chi connectivity index (χ0) is 16.6. The third-order valence-corrected chi connectivity index (χ3v) is 4.41. The summed E-state index contributed by atoms with van der Waals surface area (Å²) < 4.78 is 11.8. The molecule has 0 saturated carbocycles. The molecule has 4 heterocycles. The molecule has 1 aromatic rings. The van der Waals surface area contributed by atoms with E-state index in [0.29, 0.717) is 22.8 Å². The van der Waals surface area contributed by atoms with Crippen molar-refractivity contribution in [2.75, 3.05) is 19.6 Å². The smallest absolute Gasteiger partial charge is 0.338 e. The van der Waals surface area contributed by atoms with Gasteiger partial charge in [0.15, 0.2) is 5.78 Å². The number of fused-ring (bicyclic) bond motifs is 3. The van der Waals surface area contributed by atoms with Crippen molar-refractivity contribution in [3.63, 3.8) is 0 Å². The first-order valence-electron chi connectivity index (χ1n) is 8.37. The molecule has 4 rings (SSSR count). The first-order valence-corrected chi connectivity index (χ1v) is 8.37. The Hall–Kier alpha value is -1.76. The molecule has 0 aliphatic carbocycles. The quantitative estimate of drug-likeness (QED) is 0.769. The van der Waals surface area contributed by atoms with Crippen LogP contribution in [0.2, 0.25) is 0 Å². The number of hydrogen-bond donors (Lipinski definition) is 0. The van der Waals surface area contributed by atoms with Crippen molar-refractivity contribution in [2.24, 2.45) is 5.92 Å². The number of piperidine rings is 3. The van der Waals surface area contributed by atoms with Gasteiger partial charge >= 0.3 is 18.0 Å². The molecular formula is C16H25N4O3+. The van der Waals surface area contributed by atoms with Gasteiger partial charge in [0, 0.05) is 18.8 Å². The van der Waals surface area contributed by atoms with E-state index in [1.165, 1.54) is 0 Å². The van der Waals surface area contributed by atoms with Gasteiger partial charge in [0.1, 0.15) is 6.54 Å². The molecule has 3 aliphatic heterocycles. The van der Waals surface area contributed by atoms with Crippen molar-refractivity contribution in [1.82, 2.24) is 19.4 Å². The van der Waals surface area contributed by atoms with E-state index in [2.05, 4.69) is 15.0 Å². The van der Waals surface area contributed by atoms with E-state index < -0.39 is 0 Å². The van der Waals surface area contributed by atoms with Gasteiger partial charge in [-0.05, 0) is 27.7 Å². The lowest BCUT2D eigenvalue weighted by atomic mass is 9.85. The number of quaternary nitrogens is 1. The summed E-state index contributed by atoms with van der Waals surface area (Å²) in [5, 5.41) is 0. The number of nitrogens with zero attached hydrogens (tertiary/aromatic N) is 4. The molecule has 3 fully saturated rings. The highest BCUT2D eigenvalue weighted by Crippen LogP contribution is 2.35. The summed E-state index contributed by atoms with van der Waals surface area (Å²) in [5.74, 6) is 1.15. The second-order valence-electron chi connectivity index (χ2n) is 7.02. The maximum absolute atomic E-state index is 12.2. The largest absolute Gasteiger partial charge is 0.460 e. The van der Waals surface area contributed by atoms with Crippen LogP contribution in [0.25, 0.3) is 0 Å². The second-order valence-corrected chi connectivity index (χ2v) is 7.02. The van der Waals surface area contributed by atoms with Crippen LogP contribution < -0.4 is 14.0 Å². The second kappa shape index (κ2) is 6.03. The summed E-state index contributed by atoms with van der Waals surface area (Å²) in [6.45, 7) is 9.95. The zero-order valence-electron chi connectivity index (χ0n) is 14.3. The fourth-order valence-electron chi connectivity index (χ4n) is 3.31. The van der Waals surface area contributed by atoms with Crippen LogP contribution in [0.5, 0.6) is 12.0 Å². The molecule has 23 heavy (non-hydrogen) atoms. The van der Waals surface area contributed by atoms with Crippen LogP contribution in [0, 0.1) is 5.92 Å². The lowest BCUT2D eigenvalue weighted by Crippen LogP contribution is -2.64. The SMILES string of the molecule is CC(C)Oc1nc(OC(C)C)nc([N+]23CCC(CC2)C(=O)C3)n1.